The van der Waals surface area contributed by atoms with Crippen molar-refractivity contribution in [3.8, 4) is 11.1 Å². The Kier molecular flexibility index (Phi) is 4.36. The van der Waals surface area contributed by atoms with Crippen LogP contribution in [-0.4, -0.2) is 23.5 Å². The molecule has 2 unspecified atom stereocenters. The number of likely N-dealkylation sites (tertiary alicyclic amines) is 1. The van der Waals surface area contributed by atoms with Gasteiger partial charge in [0.15, 0.2) is 0 Å². The molecule has 1 fully saturated rings. The third-order valence-corrected chi connectivity index (χ3v) is 5.96. The van der Waals surface area contributed by atoms with Gasteiger partial charge in [-0.3, -0.25) is 4.90 Å². The van der Waals surface area contributed by atoms with Crippen molar-refractivity contribution in [1.82, 2.24) is 4.90 Å². The molecule has 0 bridgehead atoms. The Morgan fingerprint density at radius 1 is 1.08 bits per heavy atom. The molecule has 1 saturated heterocycles. The summed E-state index contributed by atoms with van der Waals surface area (Å²) in [6, 6.07) is 12.5. The fourth-order valence-electron chi connectivity index (χ4n) is 4.40. The Labute approximate surface area is 148 Å². The van der Waals surface area contributed by atoms with E-state index >= 15 is 0 Å². The minimum absolute atomic E-state index is 0.209. The number of aryl methyl sites for hydroxylation is 1. The molecular weight excluding hydrogens is 321 g/mol. The van der Waals surface area contributed by atoms with E-state index in [0.717, 1.165) is 24.4 Å². The van der Waals surface area contributed by atoms with E-state index in [0.29, 0.717) is 16.6 Å². The van der Waals surface area contributed by atoms with Crippen LogP contribution in [0.25, 0.3) is 11.1 Å². The monoisotopic (exact) mass is 343 g/mol. The van der Waals surface area contributed by atoms with Gasteiger partial charge in [0, 0.05) is 22.7 Å². The molecule has 2 atom stereocenters. The maximum atomic E-state index is 14.1. The molecule has 0 N–H and O–H groups in total. The Balaban J connectivity index is 1.60. The fraction of sp³-hybridized carbons (Fsp3) is 0.429. The van der Waals surface area contributed by atoms with Crippen molar-refractivity contribution in [2.45, 2.75) is 51.1 Å². The number of fused-ring (bicyclic) bond motifs is 1. The summed E-state index contributed by atoms with van der Waals surface area (Å²) in [6.45, 7) is 3.60. The van der Waals surface area contributed by atoms with Crippen LogP contribution in [0.5, 0.6) is 0 Å². The predicted octanol–water partition coefficient (Wildman–Crippen LogP) is 5.49. The molecule has 0 radical (unpaired) electrons. The third-order valence-electron chi connectivity index (χ3n) is 5.72. The van der Waals surface area contributed by atoms with E-state index < -0.39 is 0 Å². The van der Waals surface area contributed by atoms with E-state index in [1.165, 1.54) is 43.0 Å². The first kappa shape index (κ1) is 16.1. The number of hydrogen-bond donors (Lipinski definition) is 0. The SMILES string of the molecule is CC1CCCN1C1CCc2cc(-c3cc(Cl)ccc3F)ccc2C1. The first-order valence-corrected chi connectivity index (χ1v) is 9.32. The lowest BCUT2D eigenvalue weighted by molar-refractivity contribution is 0.174. The molecule has 2 aliphatic rings. The molecular formula is C21H23ClFN. The van der Waals surface area contributed by atoms with Crippen molar-refractivity contribution >= 4 is 11.6 Å². The van der Waals surface area contributed by atoms with Crippen molar-refractivity contribution in [3.05, 3.63) is 58.4 Å². The second-order valence-electron chi connectivity index (χ2n) is 7.23. The highest BCUT2D eigenvalue weighted by Crippen LogP contribution is 2.33. The lowest BCUT2D eigenvalue weighted by atomic mass is 9.85. The molecule has 1 nitrogen and oxygen atoms in total. The number of hydrogen-bond acceptors (Lipinski definition) is 1. The molecule has 0 aromatic heterocycles. The topological polar surface area (TPSA) is 3.24 Å². The third kappa shape index (κ3) is 2.98. The van der Waals surface area contributed by atoms with Gasteiger partial charge in [0.25, 0.3) is 0 Å². The first-order chi connectivity index (χ1) is 11.6. The van der Waals surface area contributed by atoms with Crippen molar-refractivity contribution < 1.29 is 4.39 Å². The highest BCUT2D eigenvalue weighted by atomic mass is 35.5. The Morgan fingerprint density at radius 3 is 2.75 bits per heavy atom. The first-order valence-electron chi connectivity index (χ1n) is 8.95. The second-order valence-corrected chi connectivity index (χ2v) is 7.67. The van der Waals surface area contributed by atoms with Crippen LogP contribution >= 0.6 is 11.6 Å². The van der Waals surface area contributed by atoms with Crippen LogP contribution in [0.15, 0.2) is 36.4 Å². The minimum Gasteiger partial charge on any atom is -0.297 e. The molecule has 2 aromatic rings. The average Bonchev–Trinajstić information content (AvgIpc) is 3.02. The molecule has 1 aliphatic heterocycles. The lowest BCUT2D eigenvalue weighted by Crippen LogP contribution is -2.41. The largest absolute Gasteiger partial charge is 0.297 e. The van der Waals surface area contributed by atoms with Crippen LogP contribution in [0.4, 0.5) is 4.39 Å². The maximum absolute atomic E-state index is 14.1. The molecule has 24 heavy (non-hydrogen) atoms. The average molecular weight is 344 g/mol. The molecule has 1 heterocycles. The van der Waals surface area contributed by atoms with Crippen LogP contribution < -0.4 is 0 Å². The van der Waals surface area contributed by atoms with Gasteiger partial charge in [-0.15, -0.1) is 0 Å². The fourth-order valence-corrected chi connectivity index (χ4v) is 4.58. The zero-order chi connectivity index (χ0) is 16.7. The van der Waals surface area contributed by atoms with Gasteiger partial charge >= 0.3 is 0 Å². The van der Waals surface area contributed by atoms with E-state index in [9.17, 15) is 4.39 Å². The van der Waals surface area contributed by atoms with Crippen molar-refractivity contribution in [2.24, 2.45) is 0 Å². The van der Waals surface area contributed by atoms with E-state index in [2.05, 4.69) is 24.0 Å². The van der Waals surface area contributed by atoms with E-state index in [4.69, 9.17) is 11.6 Å². The maximum Gasteiger partial charge on any atom is 0.131 e. The zero-order valence-corrected chi connectivity index (χ0v) is 14.8. The smallest absolute Gasteiger partial charge is 0.131 e. The summed E-state index contributed by atoms with van der Waals surface area (Å²) in [5, 5.41) is 0.576. The van der Waals surface area contributed by atoms with Crippen LogP contribution in [0, 0.1) is 5.82 Å². The van der Waals surface area contributed by atoms with Crippen LogP contribution in [0.2, 0.25) is 5.02 Å². The Bertz CT molecular complexity index is 757. The van der Waals surface area contributed by atoms with Gasteiger partial charge in [-0.25, -0.2) is 4.39 Å². The van der Waals surface area contributed by atoms with Crippen molar-refractivity contribution in [1.29, 1.82) is 0 Å². The van der Waals surface area contributed by atoms with E-state index in [1.54, 1.807) is 12.1 Å². The minimum atomic E-state index is -0.209. The number of nitrogens with zero attached hydrogens (tertiary/aromatic N) is 1. The van der Waals surface area contributed by atoms with Crippen molar-refractivity contribution in [3.63, 3.8) is 0 Å². The van der Waals surface area contributed by atoms with Gasteiger partial charge in [0.05, 0.1) is 0 Å². The van der Waals surface area contributed by atoms with Gasteiger partial charge in [0.2, 0.25) is 0 Å². The molecule has 0 saturated carbocycles. The normalized spacial score (nSPS) is 24.1. The zero-order valence-electron chi connectivity index (χ0n) is 14.1. The van der Waals surface area contributed by atoms with Gasteiger partial charge in [-0.2, -0.15) is 0 Å². The molecule has 4 rings (SSSR count). The molecule has 1 aliphatic carbocycles. The standard InChI is InChI=1S/C21H23ClFN/c1-14-3-2-10-24(14)19-8-6-15-11-17(5-4-16(15)12-19)20-13-18(22)7-9-21(20)23/h4-5,7,9,11,13-14,19H,2-3,6,8,10,12H2,1H3. The van der Waals surface area contributed by atoms with E-state index in [-0.39, 0.29) is 5.82 Å². The second kappa shape index (κ2) is 6.50. The Hall–Kier alpha value is -1.38. The lowest BCUT2D eigenvalue weighted by Gasteiger charge is -2.35. The van der Waals surface area contributed by atoms with Crippen molar-refractivity contribution in [2.75, 3.05) is 6.54 Å². The summed E-state index contributed by atoms with van der Waals surface area (Å²) < 4.78 is 14.1. The highest BCUT2D eigenvalue weighted by Gasteiger charge is 2.30. The molecule has 0 spiro atoms. The van der Waals surface area contributed by atoms with Gasteiger partial charge in [-0.05, 0) is 80.5 Å². The number of halogens is 2. The quantitative estimate of drug-likeness (QED) is 0.697. The number of rotatable bonds is 2. The van der Waals surface area contributed by atoms with Crippen LogP contribution in [-0.2, 0) is 12.8 Å². The summed E-state index contributed by atoms with van der Waals surface area (Å²) in [6.07, 6.45) is 6.07. The summed E-state index contributed by atoms with van der Waals surface area (Å²) in [5.74, 6) is -0.209. The number of benzene rings is 2. The molecule has 2 aromatic carbocycles. The van der Waals surface area contributed by atoms with Gasteiger partial charge in [-0.1, -0.05) is 29.8 Å². The molecule has 126 valence electrons. The molecule has 3 heteroatoms. The highest BCUT2D eigenvalue weighted by molar-refractivity contribution is 6.30. The Morgan fingerprint density at radius 2 is 1.96 bits per heavy atom. The molecule has 0 amide bonds. The predicted molar refractivity (Wildman–Crippen MR) is 98.1 cm³/mol. The van der Waals surface area contributed by atoms with Gasteiger partial charge in [0.1, 0.15) is 5.82 Å². The summed E-state index contributed by atoms with van der Waals surface area (Å²) in [5.41, 5.74) is 4.33. The summed E-state index contributed by atoms with van der Waals surface area (Å²) in [4.78, 5) is 2.69. The van der Waals surface area contributed by atoms with Crippen LogP contribution in [0.3, 0.4) is 0 Å². The summed E-state index contributed by atoms with van der Waals surface area (Å²) >= 11 is 6.04. The summed E-state index contributed by atoms with van der Waals surface area (Å²) in [7, 11) is 0. The van der Waals surface area contributed by atoms with Gasteiger partial charge < -0.3 is 0 Å². The van der Waals surface area contributed by atoms with E-state index in [1.807, 2.05) is 6.07 Å². The van der Waals surface area contributed by atoms with Crippen LogP contribution in [0.1, 0.15) is 37.3 Å².